The molecule has 0 saturated heterocycles. The van der Waals surface area contributed by atoms with Crippen LogP contribution in [0.25, 0.3) is 10.8 Å². The summed E-state index contributed by atoms with van der Waals surface area (Å²) in [7, 11) is 0. The molecule has 0 atom stereocenters. The van der Waals surface area contributed by atoms with Crippen molar-refractivity contribution >= 4 is 22.4 Å². The third-order valence-corrected chi connectivity index (χ3v) is 3.47. The summed E-state index contributed by atoms with van der Waals surface area (Å²) in [5, 5.41) is 8.17. The van der Waals surface area contributed by atoms with E-state index in [9.17, 15) is 9.59 Å². The van der Waals surface area contributed by atoms with Crippen LogP contribution >= 0.6 is 0 Å². The lowest BCUT2D eigenvalue weighted by atomic mass is 10.2. The molecule has 0 bridgehead atoms. The van der Waals surface area contributed by atoms with Gasteiger partial charge >= 0.3 is 0 Å². The summed E-state index contributed by atoms with van der Waals surface area (Å²) in [6.07, 6.45) is 1.60. The van der Waals surface area contributed by atoms with Crippen molar-refractivity contribution in [3.05, 3.63) is 70.6 Å². The molecule has 0 aliphatic rings. The van der Waals surface area contributed by atoms with Crippen molar-refractivity contribution in [3.8, 4) is 0 Å². The second-order valence-corrected chi connectivity index (χ2v) is 5.06. The van der Waals surface area contributed by atoms with Crippen molar-refractivity contribution in [2.24, 2.45) is 0 Å². The number of aromatic nitrogens is 2. The zero-order valence-electron chi connectivity index (χ0n) is 12.1. The number of hydrogen-bond donors (Lipinski definition) is 1. The number of amides is 1. The van der Waals surface area contributed by atoms with Gasteiger partial charge < -0.3 is 5.32 Å². The van der Waals surface area contributed by atoms with E-state index < -0.39 is 0 Å². The van der Waals surface area contributed by atoms with Crippen molar-refractivity contribution in [2.75, 3.05) is 5.32 Å². The molecule has 22 heavy (non-hydrogen) atoms. The van der Waals surface area contributed by atoms with Gasteiger partial charge in [0.2, 0.25) is 5.91 Å². The molecule has 5 nitrogen and oxygen atoms in total. The largest absolute Gasteiger partial charge is 0.324 e. The van der Waals surface area contributed by atoms with Gasteiger partial charge in [-0.15, -0.1) is 0 Å². The Bertz CT molecular complexity index is 900. The second-order valence-electron chi connectivity index (χ2n) is 5.06. The van der Waals surface area contributed by atoms with Gasteiger partial charge in [0, 0.05) is 11.1 Å². The fourth-order valence-corrected chi connectivity index (χ4v) is 2.28. The number of para-hydroxylation sites is 1. The summed E-state index contributed by atoms with van der Waals surface area (Å²) in [5.74, 6) is -0.279. The Morgan fingerprint density at radius 3 is 2.68 bits per heavy atom. The number of aryl methyl sites for hydroxylation is 1. The predicted octanol–water partition coefficient (Wildman–Crippen LogP) is 2.34. The number of carbonyl (C=O) groups is 1. The Morgan fingerprint density at radius 1 is 1.14 bits per heavy atom. The maximum absolute atomic E-state index is 12.3. The van der Waals surface area contributed by atoms with E-state index in [1.807, 2.05) is 43.3 Å². The molecule has 1 N–H and O–H groups in total. The van der Waals surface area contributed by atoms with E-state index in [1.54, 1.807) is 18.3 Å². The Hall–Kier alpha value is -2.95. The number of fused-ring (bicyclic) bond motifs is 1. The van der Waals surface area contributed by atoms with Crippen LogP contribution in [0.4, 0.5) is 5.69 Å². The molecule has 0 aliphatic carbocycles. The Morgan fingerprint density at radius 2 is 1.86 bits per heavy atom. The Kier molecular flexibility index (Phi) is 3.70. The molecule has 0 saturated carbocycles. The van der Waals surface area contributed by atoms with Gasteiger partial charge in [-0.25, -0.2) is 4.68 Å². The smallest absolute Gasteiger partial charge is 0.275 e. The summed E-state index contributed by atoms with van der Waals surface area (Å²) < 4.78 is 1.18. The lowest BCUT2D eigenvalue weighted by Gasteiger charge is -2.09. The summed E-state index contributed by atoms with van der Waals surface area (Å²) in [6, 6.07) is 14.7. The number of carbonyl (C=O) groups excluding carboxylic acids is 1. The van der Waals surface area contributed by atoms with Gasteiger partial charge in [-0.05, 0) is 24.6 Å². The predicted molar refractivity (Wildman–Crippen MR) is 85.8 cm³/mol. The highest BCUT2D eigenvalue weighted by molar-refractivity contribution is 5.91. The number of hydrogen-bond acceptors (Lipinski definition) is 3. The number of benzene rings is 2. The number of rotatable bonds is 3. The van der Waals surface area contributed by atoms with Gasteiger partial charge in [0.05, 0.1) is 11.6 Å². The van der Waals surface area contributed by atoms with E-state index in [2.05, 4.69) is 10.4 Å². The Labute approximate surface area is 127 Å². The molecule has 1 heterocycles. The molecule has 0 fully saturated rings. The van der Waals surface area contributed by atoms with E-state index in [4.69, 9.17) is 0 Å². The molecule has 0 aliphatic heterocycles. The average Bonchev–Trinajstić information content (AvgIpc) is 2.53. The number of anilines is 1. The normalized spacial score (nSPS) is 10.6. The molecule has 110 valence electrons. The minimum absolute atomic E-state index is 0.113. The fraction of sp³-hybridized carbons (Fsp3) is 0.118. The monoisotopic (exact) mass is 293 g/mol. The molecular formula is C17H15N3O2. The zero-order valence-corrected chi connectivity index (χ0v) is 12.1. The van der Waals surface area contributed by atoms with Crippen molar-refractivity contribution in [1.29, 1.82) is 0 Å². The SMILES string of the molecule is Cc1ccccc1NC(=O)Cn1ncc2ccccc2c1=O. The van der Waals surface area contributed by atoms with Crippen LogP contribution in [0.1, 0.15) is 5.56 Å². The van der Waals surface area contributed by atoms with Crippen LogP contribution in [0.3, 0.4) is 0 Å². The molecule has 1 amide bonds. The van der Waals surface area contributed by atoms with Crippen molar-refractivity contribution < 1.29 is 4.79 Å². The number of nitrogens with one attached hydrogen (secondary N) is 1. The van der Waals surface area contributed by atoms with Gasteiger partial charge in [0.1, 0.15) is 6.54 Å². The van der Waals surface area contributed by atoms with Crippen LogP contribution in [0.5, 0.6) is 0 Å². The molecule has 2 aromatic carbocycles. The summed E-state index contributed by atoms with van der Waals surface area (Å²) in [6.45, 7) is 1.80. The fourth-order valence-electron chi connectivity index (χ4n) is 2.28. The molecule has 0 radical (unpaired) electrons. The van der Waals surface area contributed by atoms with E-state index in [1.165, 1.54) is 4.68 Å². The highest BCUT2D eigenvalue weighted by Gasteiger charge is 2.09. The molecule has 3 rings (SSSR count). The average molecular weight is 293 g/mol. The first-order valence-corrected chi connectivity index (χ1v) is 6.95. The first-order chi connectivity index (χ1) is 10.6. The van der Waals surface area contributed by atoms with Crippen molar-refractivity contribution in [1.82, 2.24) is 9.78 Å². The van der Waals surface area contributed by atoms with Gasteiger partial charge in [0.15, 0.2) is 0 Å². The summed E-state index contributed by atoms with van der Waals surface area (Å²) in [4.78, 5) is 24.4. The molecule has 5 heteroatoms. The Balaban J connectivity index is 1.84. The second kappa shape index (κ2) is 5.81. The molecule has 0 spiro atoms. The van der Waals surface area contributed by atoms with Gasteiger partial charge in [-0.2, -0.15) is 5.10 Å². The van der Waals surface area contributed by atoms with Crippen LogP contribution in [-0.2, 0) is 11.3 Å². The highest BCUT2D eigenvalue weighted by atomic mass is 16.2. The molecule has 1 aromatic heterocycles. The highest BCUT2D eigenvalue weighted by Crippen LogP contribution is 2.13. The maximum Gasteiger partial charge on any atom is 0.275 e. The first kappa shape index (κ1) is 14.0. The quantitative estimate of drug-likeness (QED) is 0.806. The van der Waals surface area contributed by atoms with Crippen LogP contribution in [0.15, 0.2) is 59.5 Å². The van der Waals surface area contributed by atoms with Gasteiger partial charge in [0.25, 0.3) is 5.56 Å². The van der Waals surface area contributed by atoms with Crippen LogP contribution in [0, 0.1) is 6.92 Å². The minimum atomic E-state index is -0.279. The van der Waals surface area contributed by atoms with Gasteiger partial charge in [-0.3, -0.25) is 9.59 Å². The minimum Gasteiger partial charge on any atom is -0.324 e. The topological polar surface area (TPSA) is 64.0 Å². The van der Waals surface area contributed by atoms with Crippen LogP contribution in [-0.4, -0.2) is 15.7 Å². The summed E-state index contributed by atoms with van der Waals surface area (Å²) >= 11 is 0. The summed E-state index contributed by atoms with van der Waals surface area (Å²) in [5.41, 5.74) is 1.44. The van der Waals surface area contributed by atoms with Crippen LogP contribution in [0.2, 0.25) is 0 Å². The maximum atomic E-state index is 12.3. The molecular weight excluding hydrogens is 278 g/mol. The lowest BCUT2D eigenvalue weighted by Crippen LogP contribution is -2.29. The third-order valence-electron chi connectivity index (χ3n) is 3.47. The van der Waals surface area contributed by atoms with Crippen molar-refractivity contribution in [3.63, 3.8) is 0 Å². The molecule has 0 unspecified atom stereocenters. The van der Waals surface area contributed by atoms with E-state index in [-0.39, 0.29) is 18.0 Å². The first-order valence-electron chi connectivity index (χ1n) is 6.95. The molecule has 3 aromatic rings. The lowest BCUT2D eigenvalue weighted by molar-refractivity contribution is -0.117. The van der Waals surface area contributed by atoms with E-state index in [0.29, 0.717) is 5.39 Å². The van der Waals surface area contributed by atoms with E-state index in [0.717, 1.165) is 16.6 Å². The van der Waals surface area contributed by atoms with E-state index >= 15 is 0 Å². The standard InChI is InChI=1S/C17H15N3O2/c1-12-6-2-5-9-15(12)19-16(21)11-20-17(22)14-8-4-3-7-13(14)10-18-20/h2-10H,11H2,1H3,(H,19,21). The van der Waals surface area contributed by atoms with Gasteiger partial charge in [-0.1, -0.05) is 36.4 Å². The van der Waals surface area contributed by atoms with Crippen LogP contribution < -0.4 is 10.9 Å². The van der Waals surface area contributed by atoms with Crippen molar-refractivity contribution in [2.45, 2.75) is 13.5 Å². The number of nitrogens with zero attached hydrogens (tertiary/aromatic N) is 2. The third kappa shape index (κ3) is 2.74. The zero-order chi connectivity index (χ0) is 15.5.